The summed E-state index contributed by atoms with van der Waals surface area (Å²) in [6.07, 6.45) is -1.73. The van der Waals surface area contributed by atoms with Gasteiger partial charge >= 0.3 is 6.18 Å². The van der Waals surface area contributed by atoms with Gasteiger partial charge in [-0.2, -0.15) is 18.2 Å². The Morgan fingerprint density at radius 2 is 1.77 bits per heavy atom. The number of carbonyl (C=O) groups is 1. The van der Waals surface area contributed by atoms with E-state index in [2.05, 4.69) is 21.3 Å². The van der Waals surface area contributed by atoms with E-state index in [0.717, 1.165) is 19.2 Å². The Kier molecular flexibility index (Phi) is 6.41. The van der Waals surface area contributed by atoms with Crippen molar-refractivity contribution >= 4 is 39.5 Å². The van der Waals surface area contributed by atoms with E-state index in [9.17, 15) is 18.0 Å². The molecule has 8 nitrogen and oxygen atoms in total. The van der Waals surface area contributed by atoms with Crippen LogP contribution in [0.4, 0.5) is 24.9 Å². The van der Waals surface area contributed by atoms with Gasteiger partial charge in [-0.25, -0.2) is 4.98 Å². The van der Waals surface area contributed by atoms with Gasteiger partial charge in [0.05, 0.1) is 22.7 Å². The number of aromatic nitrogens is 2. The fraction of sp³-hybridized carbons (Fsp3) is 0.345. The van der Waals surface area contributed by atoms with Crippen LogP contribution in [0.1, 0.15) is 5.56 Å². The van der Waals surface area contributed by atoms with Crippen LogP contribution < -0.4 is 9.80 Å². The number of hydrogen-bond donors (Lipinski definition) is 0. The summed E-state index contributed by atoms with van der Waals surface area (Å²) < 4.78 is 48.0. The first-order valence-corrected chi connectivity index (χ1v) is 13.1. The molecule has 2 aliphatic heterocycles. The molecule has 0 N–H and O–H groups in total. The van der Waals surface area contributed by atoms with E-state index in [1.54, 1.807) is 23.1 Å². The van der Waals surface area contributed by atoms with E-state index in [0.29, 0.717) is 71.4 Å². The molecule has 2 aromatic heterocycles. The van der Waals surface area contributed by atoms with Gasteiger partial charge in [0, 0.05) is 50.7 Å². The maximum Gasteiger partial charge on any atom is 0.417 e. The molecule has 0 spiro atoms. The van der Waals surface area contributed by atoms with Gasteiger partial charge in [-0.3, -0.25) is 4.79 Å². The Balaban J connectivity index is 1.52. The first kappa shape index (κ1) is 26.1. The minimum atomic E-state index is -4.52. The van der Waals surface area contributed by atoms with Crippen molar-refractivity contribution in [3.8, 4) is 11.1 Å². The molecule has 2 aliphatic rings. The van der Waals surface area contributed by atoms with Crippen LogP contribution in [0.15, 0.2) is 59.7 Å². The number of likely N-dealkylation sites (N-methyl/N-ethyl adjacent to an activating group) is 1. The number of halogens is 3. The third-order valence-electron chi connectivity index (χ3n) is 7.83. The maximum atomic E-state index is 14.0. The lowest BCUT2D eigenvalue weighted by atomic mass is 9.95. The Hall–Kier alpha value is -4.12. The maximum absolute atomic E-state index is 14.0. The number of amides is 1. The molecule has 0 radical (unpaired) electrons. The number of carbonyl (C=O) groups excluding carboxylic acids is 1. The Morgan fingerprint density at radius 3 is 2.45 bits per heavy atom. The average Bonchev–Trinajstić information content (AvgIpc) is 3.40. The topological polar surface area (TPSA) is 69.0 Å². The number of furan rings is 1. The van der Waals surface area contributed by atoms with Crippen LogP contribution >= 0.6 is 0 Å². The van der Waals surface area contributed by atoms with Crippen LogP contribution in [0.3, 0.4) is 0 Å². The standard InChI is InChI=1S/C29H29F3N6O2/c1-4-24(39)36-10-12-37(13-11-36)27-25-23(33-28(34-27)38-16-18(17-38)35(2)3)15-21(20-9-14-40-26(20)25)19-7-5-6-8-22(19)29(30,31)32/h4-9,14-15,18H,1,10-13,16-17H2,2-3H3. The van der Waals surface area contributed by atoms with Gasteiger partial charge in [0.1, 0.15) is 11.4 Å². The predicted octanol–water partition coefficient (Wildman–Crippen LogP) is 4.65. The van der Waals surface area contributed by atoms with Crippen molar-refractivity contribution in [2.45, 2.75) is 12.2 Å². The largest absolute Gasteiger partial charge is 0.463 e. The number of hydrogen-bond acceptors (Lipinski definition) is 7. The van der Waals surface area contributed by atoms with Gasteiger partial charge in [-0.05, 0) is 49.5 Å². The van der Waals surface area contributed by atoms with Crippen molar-refractivity contribution in [3.63, 3.8) is 0 Å². The molecule has 40 heavy (non-hydrogen) atoms. The summed E-state index contributed by atoms with van der Waals surface area (Å²) in [5, 5.41) is 1.20. The summed E-state index contributed by atoms with van der Waals surface area (Å²) in [4.78, 5) is 30.0. The molecule has 4 heterocycles. The summed E-state index contributed by atoms with van der Waals surface area (Å²) in [5.74, 6) is 1.05. The molecule has 1 amide bonds. The SMILES string of the molecule is C=CC(=O)N1CCN(c2nc(N3CC(N(C)C)C3)nc3cc(-c4ccccc4C(F)(F)F)c4ccoc4c23)CC1. The van der Waals surface area contributed by atoms with Gasteiger partial charge < -0.3 is 24.0 Å². The summed E-state index contributed by atoms with van der Waals surface area (Å²) in [6.45, 7) is 7.13. The molecule has 0 unspecified atom stereocenters. The highest BCUT2D eigenvalue weighted by Gasteiger charge is 2.35. The molecule has 0 atom stereocenters. The Bertz CT molecular complexity index is 1600. The van der Waals surface area contributed by atoms with Crippen molar-refractivity contribution < 1.29 is 22.4 Å². The van der Waals surface area contributed by atoms with Crippen LogP contribution in [0.2, 0.25) is 0 Å². The quantitative estimate of drug-likeness (QED) is 0.335. The monoisotopic (exact) mass is 550 g/mol. The summed E-state index contributed by atoms with van der Waals surface area (Å²) in [5.41, 5.74) is 0.692. The van der Waals surface area contributed by atoms with Gasteiger partial charge in [-0.1, -0.05) is 24.8 Å². The molecular formula is C29H29F3N6O2. The number of fused-ring (bicyclic) bond motifs is 3. The lowest BCUT2D eigenvalue weighted by Crippen LogP contribution is -2.58. The lowest BCUT2D eigenvalue weighted by Gasteiger charge is -2.43. The summed E-state index contributed by atoms with van der Waals surface area (Å²) in [6, 6.07) is 9.32. The van der Waals surface area contributed by atoms with Gasteiger partial charge in [-0.15, -0.1) is 0 Å². The molecule has 2 aromatic carbocycles. The second-order valence-electron chi connectivity index (χ2n) is 10.4. The number of anilines is 2. The second kappa shape index (κ2) is 9.81. The molecule has 0 saturated carbocycles. The summed E-state index contributed by atoms with van der Waals surface area (Å²) >= 11 is 0. The third-order valence-corrected chi connectivity index (χ3v) is 7.83. The number of alkyl halides is 3. The van der Waals surface area contributed by atoms with Gasteiger partial charge in [0.25, 0.3) is 0 Å². The molecule has 0 aliphatic carbocycles. The van der Waals surface area contributed by atoms with Crippen LogP contribution in [-0.4, -0.2) is 85.1 Å². The molecule has 2 saturated heterocycles. The van der Waals surface area contributed by atoms with Crippen LogP contribution in [0.5, 0.6) is 0 Å². The number of nitrogens with zero attached hydrogens (tertiary/aromatic N) is 6. The molecule has 2 fully saturated rings. The third kappa shape index (κ3) is 4.43. The fourth-order valence-corrected chi connectivity index (χ4v) is 5.48. The molecule has 11 heteroatoms. The van der Waals surface area contributed by atoms with Crippen molar-refractivity contribution in [1.29, 1.82) is 0 Å². The molecule has 4 aromatic rings. The first-order chi connectivity index (χ1) is 19.2. The highest BCUT2D eigenvalue weighted by molar-refractivity contribution is 6.14. The average molecular weight is 551 g/mol. The smallest absolute Gasteiger partial charge is 0.417 e. The van der Waals surface area contributed by atoms with Gasteiger partial charge in [0.15, 0.2) is 0 Å². The minimum Gasteiger partial charge on any atom is -0.463 e. The molecule has 208 valence electrons. The van der Waals surface area contributed by atoms with E-state index in [4.69, 9.17) is 14.4 Å². The van der Waals surface area contributed by atoms with Crippen molar-refractivity contribution in [3.05, 3.63) is 60.9 Å². The van der Waals surface area contributed by atoms with E-state index in [1.807, 2.05) is 14.1 Å². The molecular weight excluding hydrogens is 521 g/mol. The number of piperazine rings is 1. The Morgan fingerprint density at radius 1 is 1.05 bits per heavy atom. The predicted molar refractivity (Wildman–Crippen MR) is 148 cm³/mol. The zero-order chi connectivity index (χ0) is 28.2. The lowest BCUT2D eigenvalue weighted by molar-refractivity contribution is -0.137. The zero-order valence-corrected chi connectivity index (χ0v) is 22.3. The van der Waals surface area contributed by atoms with E-state index in [1.165, 1.54) is 24.5 Å². The van der Waals surface area contributed by atoms with Crippen LogP contribution in [-0.2, 0) is 11.0 Å². The van der Waals surface area contributed by atoms with Crippen molar-refractivity contribution in [2.75, 3.05) is 63.2 Å². The van der Waals surface area contributed by atoms with Gasteiger partial charge in [0.2, 0.25) is 11.9 Å². The fourth-order valence-electron chi connectivity index (χ4n) is 5.48. The first-order valence-electron chi connectivity index (χ1n) is 13.1. The Labute approximate surface area is 229 Å². The normalized spacial score (nSPS) is 16.7. The number of rotatable bonds is 5. The van der Waals surface area contributed by atoms with E-state index >= 15 is 0 Å². The second-order valence-corrected chi connectivity index (χ2v) is 10.4. The zero-order valence-electron chi connectivity index (χ0n) is 22.3. The molecule has 6 rings (SSSR count). The minimum absolute atomic E-state index is 0.0678. The number of benzene rings is 2. The highest BCUT2D eigenvalue weighted by atomic mass is 19.4. The van der Waals surface area contributed by atoms with Crippen molar-refractivity contribution in [2.24, 2.45) is 0 Å². The van der Waals surface area contributed by atoms with Crippen molar-refractivity contribution in [1.82, 2.24) is 19.8 Å². The van der Waals surface area contributed by atoms with E-state index in [-0.39, 0.29) is 11.5 Å². The summed E-state index contributed by atoms with van der Waals surface area (Å²) in [7, 11) is 4.05. The van der Waals surface area contributed by atoms with Crippen LogP contribution in [0.25, 0.3) is 33.0 Å². The van der Waals surface area contributed by atoms with E-state index < -0.39 is 11.7 Å². The molecule has 0 bridgehead atoms. The highest BCUT2D eigenvalue weighted by Crippen LogP contribution is 2.43. The van der Waals surface area contributed by atoms with Crippen LogP contribution in [0, 0.1) is 0 Å².